The first-order chi connectivity index (χ1) is 12.4. The third kappa shape index (κ3) is 7.58. The fraction of sp³-hybridized carbons (Fsp3) is 0.526. The van der Waals surface area contributed by atoms with Crippen molar-refractivity contribution >= 4 is 16.0 Å². The molecule has 7 heteroatoms. The molecule has 1 aromatic carbocycles. The van der Waals surface area contributed by atoms with Crippen molar-refractivity contribution in [3.63, 3.8) is 0 Å². The van der Waals surface area contributed by atoms with Crippen molar-refractivity contribution in [1.29, 1.82) is 0 Å². The Morgan fingerprint density at radius 2 is 2.08 bits per heavy atom. The highest BCUT2D eigenvalue weighted by Gasteiger charge is 2.11. The van der Waals surface area contributed by atoms with Crippen molar-refractivity contribution in [2.24, 2.45) is 4.99 Å². The number of aliphatic imine (C=N–C) groups is 1. The number of sulfonamides is 1. The standard InChI is InChI=1S/C19H32N4O2S/c1-5-7-8-9-10-14-23(4)19(21-6-2)22-16-17-12-11-13-18(15-17)26(24,25)20-3/h5,11-13,15,20H,1,6-10,14,16H2,2-4H3,(H,21,22). The Kier molecular flexibility index (Phi) is 9.98. The number of allylic oxidation sites excluding steroid dienone is 1. The van der Waals surface area contributed by atoms with Gasteiger partial charge in [-0.25, -0.2) is 18.1 Å². The van der Waals surface area contributed by atoms with E-state index >= 15 is 0 Å². The van der Waals surface area contributed by atoms with Gasteiger partial charge in [0.15, 0.2) is 5.96 Å². The van der Waals surface area contributed by atoms with E-state index < -0.39 is 10.0 Å². The number of benzene rings is 1. The predicted octanol–water partition coefficient (Wildman–Crippen LogP) is 2.74. The molecule has 0 aliphatic rings. The van der Waals surface area contributed by atoms with Crippen LogP contribution < -0.4 is 10.0 Å². The summed E-state index contributed by atoms with van der Waals surface area (Å²) in [7, 11) is -0.00224. The number of nitrogens with one attached hydrogen (secondary N) is 2. The number of hydrogen-bond acceptors (Lipinski definition) is 3. The summed E-state index contributed by atoms with van der Waals surface area (Å²) in [4.78, 5) is 7.02. The van der Waals surface area contributed by atoms with E-state index in [1.165, 1.54) is 13.5 Å². The molecule has 0 aromatic heterocycles. The first-order valence-corrected chi connectivity index (χ1v) is 10.6. The lowest BCUT2D eigenvalue weighted by molar-refractivity contribution is 0.455. The summed E-state index contributed by atoms with van der Waals surface area (Å²) < 4.78 is 26.2. The van der Waals surface area contributed by atoms with Crippen molar-refractivity contribution in [2.75, 3.05) is 27.2 Å². The second-order valence-corrected chi connectivity index (χ2v) is 7.97. The molecule has 0 saturated carbocycles. The zero-order chi connectivity index (χ0) is 19.4. The molecule has 0 unspecified atom stereocenters. The van der Waals surface area contributed by atoms with E-state index in [-0.39, 0.29) is 4.90 Å². The van der Waals surface area contributed by atoms with E-state index in [9.17, 15) is 8.42 Å². The van der Waals surface area contributed by atoms with Crippen molar-refractivity contribution < 1.29 is 8.42 Å². The molecule has 0 aliphatic heterocycles. The van der Waals surface area contributed by atoms with Gasteiger partial charge in [-0.3, -0.25) is 0 Å². The van der Waals surface area contributed by atoms with Crippen molar-refractivity contribution in [1.82, 2.24) is 14.9 Å². The number of nitrogens with zero attached hydrogens (tertiary/aromatic N) is 2. The average Bonchev–Trinajstić information content (AvgIpc) is 2.65. The van der Waals surface area contributed by atoms with Gasteiger partial charge in [0.1, 0.15) is 0 Å². The Bertz CT molecular complexity index is 687. The number of unbranched alkanes of at least 4 members (excludes halogenated alkanes) is 3. The third-order valence-electron chi connectivity index (χ3n) is 3.99. The Morgan fingerprint density at radius 1 is 1.31 bits per heavy atom. The summed E-state index contributed by atoms with van der Waals surface area (Å²) in [6.45, 7) is 7.92. The van der Waals surface area contributed by atoms with Gasteiger partial charge < -0.3 is 10.2 Å². The van der Waals surface area contributed by atoms with Crippen LogP contribution in [0, 0.1) is 0 Å². The highest BCUT2D eigenvalue weighted by atomic mass is 32.2. The fourth-order valence-electron chi connectivity index (χ4n) is 2.49. The van der Waals surface area contributed by atoms with Gasteiger partial charge in [-0.15, -0.1) is 6.58 Å². The fourth-order valence-corrected chi connectivity index (χ4v) is 3.28. The second kappa shape index (κ2) is 11.7. The van der Waals surface area contributed by atoms with Crippen LogP contribution in [0.2, 0.25) is 0 Å². The minimum atomic E-state index is -3.44. The van der Waals surface area contributed by atoms with Crippen LogP contribution in [-0.2, 0) is 16.6 Å². The zero-order valence-electron chi connectivity index (χ0n) is 16.2. The molecule has 0 fully saturated rings. The van der Waals surface area contributed by atoms with Crippen LogP contribution in [0.3, 0.4) is 0 Å². The second-order valence-electron chi connectivity index (χ2n) is 6.08. The van der Waals surface area contributed by atoms with Crippen LogP contribution >= 0.6 is 0 Å². The van der Waals surface area contributed by atoms with E-state index in [2.05, 4.69) is 26.5 Å². The highest BCUT2D eigenvalue weighted by molar-refractivity contribution is 7.89. The van der Waals surface area contributed by atoms with E-state index in [4.69, 9.17) is 0 Å². The molecule has 0 aliphatic carbocycles. The summed E-state index contributed by atoms with van der Waals surface area (Å²) in [5, 5.41) is 3.29. The third-order valence-corrected chi connectivity index (χ3v) is 5.40. The van der Waals surface area contributed by atoms with E-state index in [0.29, 0.717) is 6.54 Å². The maximum absolute atomic E-state index is 11.9. The number of hydrogen-bond donors (Lipinski definition) is 2. The Labute approximate surface area is 158 Å². The molecule has 26 heavy (non-hydrogen) atoms. The SMILES string of the molecule is C=CCCCCCN(C)C(=NCc1cccc(S(=O)(=O)NC)c1)NCC. The lowest BCUT2D eigenvalue weighted by Crippen LogP contribution is -2.39. The molecule has 6 nitrogen and oxygen atoms in total. The lowest BCUT2D eigenvalue weighted by atomic mass is 10.2. The van der Waals surface area contributed by atoms with Gasteiger partial charge in [-0.1, -0.05) is 24.6 Å². The number of rotatable bonds is 11. The van der Waals surface area contributed by atoms with Gasteiger partial charge in [0.05, 0.1) is 11.4 Å². The Morgan fingerprint density at radius 3 is 2.73 bits per heavy atom. The molecule has 1 rings (SSSR count). The molecule has 0 saturated heterocycles. The molecule has 0 amide bonds. The molecular formula is C19H32N4O2S. The maximum Gasteiger partial charge on any atom is 0.240 e. The van der Waals surface area contributed by atoms with E-state index in [1.54, 1.807) is 18.2 Å². The number of guanidine groups is 1. The summed E-state index contributed by atoms with van der Waals surface area (Å²) in [5.41, 5.74) is 0.858. The van der Waals surface area contributed by atoms with Crippen LogP contribution in [0.4, 0.5) is 0 Å². The topological polar surface area (TPSA) is 73.8 Å². The van der Waals surface area contributed by atoms with Gasteiger partial charge in [0.25, 0.3) is 0 Å². The van der Waals surface area contributed by atoms with Gasteiger partial charge in [-0.2, -0.15) is 0 Å². The van der Waals surface area contributed by atoms with Crippen molar-refractivity contribution in [2.45, 2.75) is 44.0 Å². The summed E-state index contributed by atoms with van der Waals surface area (Å²) in [6.07, 6.45) is 6.45. The van der Waals surface area contributed by atoms with Crippen LogP contribution in [0.25, 0.3) is 0 Å². The average molecular weight is 381 g/mol. The van der Waals surface area contributed by atoms with Crippen molar-refractivity contribution in [3.8, 4) is 0 Å². The quantitative estimate of drug-likeness (QED) is 0.268. The van der Waals surface area contributed by atoms with Crippen LogP contribution in [0.15, 0.2) is 46.8 Å². The minimum absolute atomic E-state index is 0.258. The van der Waals surface area contributed by atoms with Crippen LogP contribution in [0.5, 0.6) is 0 Å². The normalized spacial score (nSPS) is 12.0. The molecule has 1 aromatic rings. The monoisotopic (exact) mass is 380 g/mol. The molecule has 0 atom stereocenters. The molecule has 0 radical (unpaired) electrons. The molecule has 0 heterocycles. The smallest absolute Gasteiger partial charge is 0.240 e. The minimum Gasteiger partial charge on any atom is -0.357 e. The molecule has 146 valence electrons. The molecule has 0 spiro atoms. The van der Waals surface area contributed by atoms with E-state index in [1.807, 2.05) is 26.1 Å². The molecule has 2 N–H and O–H groups in total. The summed E-state index contributed by atoms with van der Waals surface area (Å²) >= 11 is 0. The molecule has 0 bridgehead atoms. The summed E-state index contributed by atoms with van der Waals surface area (Å²) in [6, 6.07) is 6.87. The lowest BCUT2D eigenvalue weighted by Gasteiger charge is -2.22. The predicted molar refractivity (Wildman–Crippen MR) is 109 cm³/mol. The van der Waals surface area contributed by atoms with Gasteiger partial charge in [0.2, 0.25) is 10.0 Å². The van der Waals surface area contributed by atoms with Gasteiger partial charge >= 0.3 is 0 Å². The van der Waals surface area contributed by atoms with Gasteiger partial charge in [0, 0.05) is 20.1 Å². The van der Waals surface area contributed by atoms with Gasteiger partial charge in [-0.05, 0) is 50.9 Å². The first-order valence-electron chi connectivity index (χ1n) is 9.07. The Balaban J connectivity index is 2.74. The van der Waals surface area contributed by atoms with E-state index in [0.717, 1.165) is 43.9 Å². The van der Waals surface area contributed by atoms with Crippen LogP contribution in [-0.4, -0.2) is 46.5 Å². The van der Waals surface area contributed by atoms with Crippen molar-refractivity contribution in [3.05, 3.63) is 42.5 Å². The summed E-state index contributed by atoms with van der Waals surface area (Å²) in [5.74, 6) is 0.832. The zero-order valence-corrected chi connectivity index (χ0v) is 17.0. The first kappa shape index (κ1) is 22.2. The maximum atomic E-state index is 11.9. The Hall–Kier alpha value is -1.86. The largest absolute Gasteiger partial charge is 0.357 e. The molecular weight excluding hydrogens is 348 g/mol. The highest BCUT2D eigenvalue weighted by Crippen LogP contribution is 2.12. The van der Waals surface area contributed by atoms with Crippen LogP contribution in [0.1, 0.15) is 38.2 Å².